The third-order valence-electron chi connectivity index (χ3n) is 14.2. The van der Waals surface area contributed by atoms with Crippen molar-refractivity contribution < 1.29 is 0 Å². The van der Waals surface area contributed by atoms with Crippen molar-refractivity contribution in [2.75, 3.05) is 0 Å². The van der Waals surface area contributed by atoms with Crippen LogP contribution >= 0.6 is 0 Å². The minimum absolute atomic E-state index is 0. The zero-order valence-electron chi connectivity index (χ0n) is 36.4. The maximum Gasteiger partial charge on any atom is 0.160 e. The van der Waals surface area contributed by atoms with Crippen molar-refractivity contribution in [3.05, 3.63) is 223 Å². The van der Waals surface area contributed by atoms with Crippen LogP contribution < -0.4 is 0 Å². The number of aromatic nitrogens is 5. The highest BCUT2D eigenvalue weighted by Crippen LogP contribution is 2.53. The van der Waals surface area contributed by atoms with Gasteiger partial charge in [0.2, 0.25) is 0 Å². The molecule has 14 rings (SSSR count). The van der Waals surface area contributed by atoms with E-state index in [1.54, 1.807) is 0 Å². The average Bonchev–Trinajstić information content (AvgIpc) is 4.08. The minimum atomic E-state index is -0.420. The molecule has 1 aliphatic rings. The van der Waals surface area contributed by atoms with Gasteiger partial charge in [-0.2, -0.15) is 0 Å². The van der Waals surface area contributed by atoms with Crippen LogP contribution in [0.3, 0.4) is 0 Å². The second kappa shape index (κ2) is 14.5. The van der Waals surface area contributed by atoms with Crippen LogP contribution in [0.5, 0.6) is 0 Å². The van der Waals surface area contributed by atoms with Gasteiger partial charge in [0, 0.05) is 77.0 Å². The molecule has 4 aromatic heterocycles. The highest BCUT2D eigenvalue weighted by atomic mass is 15.0. The highest BCUT2D eigenvalue weighted by Gasteiger charge is 2.41. The fraction of sp³-hybridized carbons (Fsp3) is 0.0645. The van der Waals surface area contributed by atoms with Crippen molar-refractivity contribution in [2.45, 2.75) is 26.7 Å². The SMILES string of the molecule is C.CC1(C)c2cc(-n3c4c(ccc5c4c4ccccc4n5-c4ccccc4)c4ccc5c(c6ccccc6n5-c5ccccc5)c43)ccc2-c2nc(-c3ccccc3)nc(-c3ccccc3)c21. The zero-order valence-corrected chi connectivity index (χ0v) is 36.4. The largest absolute Gasteiger partial charge is 0.309 e. The van der Waals surface area contributed by atoms with Gasteiger partial charge in [0.05, 0.1) is 44.5 Å². The smallest absolute Gasteiger partial charge is 0.160 e. The summed E-state index contributed by atoms with van der Waals surface area (Å²) in [5, 5.41) is 7.35. The Bertz CT molecular complexity index is 3930. The normalized spacial score (nSPS) is 12.9. The van der Waals surface area contributed by atoms with Gasteiger partial charge < -0.3 is 13.7 Å². The molecule has 0 spiro atoms. The Hall–Kier alpha value is -8.54. The maximum atomic E-state index is 5.43. The summed E-state index contributed by atoms with van der Waals surface area (Å²) in [4.78, 5) is 10.8. The molecule has 318 valence electrons. The predicted octanol–water partition coefficient (Wildman–Crippen LogP) is 16.0. The lowest BCUT2D eigenvalue weighted by Gasteiger charge is -2.24. The Morgan fingerprint density at radius 3 is 1.37 bits per heavy atom. The summed E-state index contributed by atoms with van der Waals surface area (Å²) in [7, 11) is 0. The van der Waals surface area contributed by atoms with Gasteiger partial charge in [-0.3, -0.25) is 0 Å². The first kappa shape index (κ1) is 38.9. The lowest BCUT2D eigenvalue weighted by Crippen LogP contribution is -2.18. The van der Waals surface area contributed by atoms with E-state index < -0.39 is 5.41 Å². The van der Waals surface area contributed by atoms with Gasteiger partial charge in [0.15, 0.2) is 5.82 Å². The van der Waals surface area contributed by atoms with E-state index in [2.05, 4.69) is 234 Å². The predicted molar refractivity (Wildman–Crippen MR) is 280 cm³/mol. The molecule has 0 aliphatic heterocycles. The Morgan fingerprint density at radius 1 is 0.373 bits per heavy atom. The molecule has 67 heavy (non-hydrogen) atoms. The number of hydrogen-bond acceptors (Lipinski definition) is 2. The van der Waals surface area contributed by atoms with Crippen LogP contribution in [0.2, 0.25) is 0 Å². The molecule has 4 heterocycles. The summed E-state index contributed by atoms with van der Waals surface area (Å²) in [6, 6.07) is 76.9. The number of benzene rings is 9. The molecule has 9 aromatic carbocycles. The highest BCUT2D eigenvalue weighted by molar-refractivity contribution is 6.31. The van der Waals surface area contributed by atoms with E-state index in [0.717, 1.165) is 56.5 Å². The van der Waals surface area contributed by atoms with E-state index in [0.29, 0.717) is 0 Å². The Balaban J connectivity index is 0.00000446. The molecule has 0 saturated heterocycles. The minimum Gasteiger partial charge on any atom is -0.309 e. The molecule has 0 radical (unpaired) electrons. The van der Waals surface area contributed by atoms with Crippen LogP contribution in [-0.2, 0) is 5.41 Å². The van der Waals surface area contributed by atoms with Gasteiger partial charge in [-0.05, 0) is 66.2 Å². The zero-order chi connectivity index (χ0) is 43.7. The van der Waals surface area contributed by atoms with E-state index >= 15 is 0 Å². The number of rotatable bonds is 5. The second-order valence-corrected chi connectivity index (χ2v) is 18.1. The molecule has 5 heteroatoms. The quantitative estimate of drug-likeness (QED) is 0.173. The summed E-state index contributed by atoms with van der Waals surface area (Å²) < 4.78 is 7.45. The van der Waals surface area contributed by atoms with Gasteiger partial charge >= 0.3 is 0 Å². The lowest BCUT2D eigenvalue weighted by atomic mass is 9.80. The Morgan fingerprint density at radius 2 is 0.836 bits per heavy atom. The van der Waals surface area contributed by atoms with Crippen molar-refractivity contribution in [1.29, 1.82) is 0 Å². The van der Waals surface area contributed by atoms with Crippen LogP contribution in [0.1, 0.15) is 32.4 Å². The molecule has 0 amide bonds. The van der Waals surface area contributed by atoms with Gasteiger partial charge in [-0.25, -0.2) is 9.97 Å². The molecule has 0 fully saturated rings. The molecule has 0 N–H and O–H groups in total. The lowest BCUT2D eigenvalue weighted by molar-refractivity contribution is 0.657. The molecule has 5 nitrogen and oxygen atoms in total. The topological polar surface area (TPSA) is 40.6 Å². The van der Waals surface area contributed by atoms with E-state index in [1.807, 2.05) is 6.07 Å². The van der Waals surface area contributed by atoms with Crippen LogP contribution in [-0.4, -0.2) is 23.7 Å². The summed E-state index contributed by atoms with van der Waals surface area (Å²) in [6.07, 6.45) is 0. The molecular formula is C62H45N5. The van der Waals surface area contributed by atoms with Gasteiger partial charge in [-0.15, -0.1) is 0 Å². The standard InChI is InChI=1S/C61H41N5.CH4/c1-61(2)48-37-42(31-32-45(48)57-55(61)56(38-19-7-3-8-20-38)62-60(63-57)39-21-9-4-10-22-39)66-58-43(33-35-51-53(58)46-27-15-17-29-49(46)64(51)40-23-11-5-12-24-40)44-34-36-52-54(59(44)66)47-28-16-18-30-50(47)65(52)41-25-13-6-14-26-41;/h3-37H,1-2H3;1H4. The van der Waals surface area contributed by atoms with Gasteiger partial charge in [0.1, 0.15) is 0 Å². The fourth-order valence-corrected chi connectivity index (χ4v) is 11.4. The second-order valence-electron chi connectivity index (χ2n) is 18.1. The summed E-state index contributed by atoms with van der Waals surface area (Å²) >= 11 is 0. The van der Waals surface area contributed by atoms with Gasteiger partial charge in [-0.1, -0.05) is 173 Å². The first-order chi connectivity index (χ1) is 32.5. The molecule has 0 unspecified atom stereocenters. The van der Waals surface area contributed by atoms with Crippen molar-refractivity contribution in [1.82, 2.24) is 23.7 Å². The third kappa shape index (κ3) is 5.43. The van der Waals surface area contributed by atoms with Crippen LogP contribution in [0.25, 0.3) is 116 Å². The van der Waals surface area contributed by atoms with Gasteiger partial charge in [0.25, 0.3) is 0 Å². The number of fused-ring (bicyclic) bond motifs is 14. The average molecular weight is 860 g/mol. The van der Waals surface area contributed by atoms with Crippen molar-refractivity contribution in [2.24, 2.45) is 0 Å². The van der Waals surface area contributed by atoms with Crippen molar-refractivity contribution in [3.63, 3.8) is 0 Å². The molecule has 0 saturated carbocycles. The van der Waals surface area contributed by atoms with Crippen LogP contribution in [0, 0.1) is 0 Å². The molecule has 1 aliphatic carbocycles. The number of para-hydroxylation sites is 4. The third-order valence-corrected chi connectivity index (χ3v) is 14.2. The van der Waals surface area contributed by atoms with E-state index in [-0.39, 0.29) is 7.43 Å². The summed E-state index contributed by atoms with van der Waals surface area (Å²) in [6.45, 7) is 4.70. The Labute approximate surface area is 388 Å². The van der Waals surface area contributed by atoms with Crippen LogP contribution in [0.15, 0.2) is 212 Å². The first-order valence-corrected chi connectivity index (χ1v) is 22.8. The molecule has 13 aromatic rings. The van der Waals surface area contributed by atoms with E-state index in [1.165, 1.54) is 71.0 Å². The maximum absolute atomic E-state index is 5.43. The monoisotopic (exact) mass is 859 g/mol. The van der Waals surface area contributed by atoms with Crippen LogP contribution in [0.4, 0.5) is 0 Å². The van der Waals surface area contributed by atoms with Crippen molar-refractivity contribution >= 4 is 65.4 Å². The molecule has 0 bridgehead atoms. The Kier molecular flexibility index (Phi) is 8.40. The van der Waals surface area contributed by atoms with Crippen molar-refractivity contribution in [3.8, 4) is 51.0 Å². The van der Waals surface area contributed by atoms with E-state index in [9.17, 15) is 0 Å². The summed E-state index contributed by atoms with van der Waals surface area (Å²) in [5.41, 5.74) is 17.7. The molecule has 0 atom stereocenters. The number of hydrogen-bond donors (Lipinski definition) is 0. The first-order valence-electron chi connectivity index (χ1n) is 22.8. The summed E-state index contributed by atoms with van der Waals surface area (Å²) in [5.74, 6) is 0.734. The fourth-order valence-electron chi connectivity index (χ4n) is 11.4. The number of nitrogens with zero attached hydrogens (tertiary/aromatic N) is 5. The molecular weight excluding hydrogens is 815 g/mol. The van der Waals surface area contributed by atoms with E-state index in [4.69, 9.17) is 9.97 Å².